The smallest absolute Gasteiger partial charge is 0.0543 e. The van der Waals surface area contributed by atoms with E-state index in [9.17, 15) is 0 Å². The monoisotopic (exact) mass is 219 g/mol. The Balaban J connectivity index is 1.88. The van der Waals surface area contributed by atoms with E-state index in [-0.39, 0.29) is 5.54 Å². The van der Waals surface area contributed by atoms with Crippen molar-refractivity contribution in [3.05, 3.63) is 30.1 Å². The third kappa shape index (κ3) is 2.73. The lowest BCUT2D eigenvalue weighted by molar-refractivity contribution is 0.355. The first kappa shape index (κ1) is 11.4. The molecule has 2 rings (SSSR count). The van der Waals surface area contributed by atoms with Crippen LogP contribution >= 0.6 is 0 Å². The first-order valence-corrected chi connectivity index (χ1v) is 5.98. The molecule has 1 aromatic heterocycles. The quantitative estimate of drug-likeness (QED) is 0.791. The minimum atomic E-state index is 0.0766. The van der Waals surface area contributed by atoms with Gasteiger partial charge in [0.1, 0.15) is 0 Å². The second-order valence-corrected chi connectivity index (χ2v) is 5.48. The molecule has 0 atom stereocenters. The van der Waals surface area contributed by atoms with Crippen molar-refractivity contribution in [3.63, 3.8) is 0 Å². The minimum Gasteiger partial charge on any atom is -0.309 e. The Kier molecular flexibility index (Phi) is 3.15. The highest BCUT2D eigenvalue weighted by Gasteiger charge is 2.14. The predicted octanol–water partition coefficient (Wildman–Crippen LogP) is 2.45. The Morgan fingerprint density at radius 1 is 1.38 bits per heavy atom. The molecule has 0 saturated heterocycles. The van der Waals surface area contributed by atoms with Crippen LogP contribution < -0.4 is 5.32 Å². The standard InChI is InChI=1S/C13H21N3/c1-13(2,3)16-10-11(9-15-16)8-14-12-6-4-5-7-12/h4-5,9-10,12,14H,6-8H2,1-3H3. The Labute approximate surface area is 97.5 Å². The molecule has 16 heavy (non-hydrogen) atoms. The molecule has 0 aliphatic heterocycles. The molecule has 88 valence electrons. The summed E-state index contributed by atoms with van der Waals surface area (Å²) in [6.45, 7) is 7.41. The van der Waals surface area contributed by atoms with Gasteiger partial charge in [-0.2, -0.15) is 5.10 Å². The SMILES string of the molecule is CC(C)(C)n1cc(CNC2CC=CC2)cn1. The Hall–Kier alpha value is -1.09. The summed E-state index contributed by atoms with van der Waals surface area (Å²) in [5, 5.41) is 7.94. The number of hydrogen-bond donors (Lipinski definition) is 1. The zero-order valence-electron chi connectivity index (χ0n) is 10.4. The fraction of sp³-hybridized carbons (Fsp3) is 0.615. The molecule has 1 N–H and O–H groups in total. The molecule has 1 heterocycles. The fourth-order valence-corrected chi connectivity index (χ4v) is 1.86. The van der Waals surface area contributed by atoms with Crippen molar-refractivity contribution in [3.8, 4) is 0 Å². The van der Waals surface area contributed by atoms with E-state index in [4.69, 9.17) is 0 Å². The molecule has 0 fully saturated rings. The van der Waals surface area contributed by atoms with Gasteiger partial charge < -0.3 is 5.32 Å². The van der Waals surface area contributed by atoms with Crippen molar-refractivity contribution in [2.24, 2.45) is 0 Å². The summed E-state index contributed by atoms with van der Waals surface area (Å²) in [6, 6.07) is 0.623. The molecule has 1 aliphatic rings. The topological polar surface area (TPSA) is 29.9 Å². The summed E-state index contributed by atoms with van der Waals surface area (Å²) in [6.07, 6.45) is 10.9. The van der Waals surface area contributed by atoms with E-state index in [1.54, 1.807) is 0 Å². The van der Waals surface area contributed by atoms with Crippen LogP contribution in [0.25, 0.3) is 0 Å². The maximum atomic E-state index is 4.39. The maximum Gasteiger partial charge on any atom is 0.0543 e. The molecule has 1 aromatic rings. The molecule has 0 saturated carbocycles. The highest BCUT2D eigenvalue weighted by atomic mass is 15.3. The second-order valence-electron chi connectivity index (χ2n) is 5.48. The molecule has 3 heteroatoms. The molecule has 0 bridgehead atoms. The first-order chi connectivity index (χ1) is 7.55. The lowest BCUT2D eigenvalue weighted by Crippen LogP contribution is -2.25. The van der Waals surface area contributed by atoms with Crippen molar-refractivity contribution in [1.29, 1.82) is 0 Å². The Morgan fingerprint density at radius 2 is 2.06 bits per heavy atom. The van der Waals surface area contributed by atoms with E-state index in [1.165, 1.54) is 5.56 Å². The summed E-state index contributed by atoms with van der Waals surface area (Å²) < 4.78 is 2.02. The highest BCUT2D eigenvalue weighted by molar-refractivity contribution is 5.06. The van der Waals surface area contributed by atoms with E-state index in [2.05, 4.69) is 49.5 Å². The fourth-order valence-electron chi connectivity index (χ4n) is 1.86. The average molecular weight is 219 g/mol. The molecule has 0 unspecified atom stereocenters. The highest BCUT2D eigenvalue weighted by Crippen LogP contribution is 2.14. The van der Waals surface area contributed by atoms with Gasteiger partial charge in [-0.15, -0.1) is 0 Å². The summed E-state index contributed by atoms with van der Waals surface area (Å²) in [7, 11) is 0. The van der Waals surface area contributed by atoms with Crippen LogP contribution in [0.1, 0.15) is 39.2 Å². The average Bonchev–Trinajstić information content (AvgIpc) is 2.85. The lowest BCUT2D eigenvalue weighted by atomic mass is 10.1. The molecule has 0 radical (unpaired) electrons. The van der Waals surface area contributed by atoms with Gasteiger partial charge in [-0.25, -0.2) is 0 Å². The van der Waals surface area contributed by atoms with E-state index >= 15 is 0 Å². The number of nitrogens with zero attached hydrogens (tertiary/aromatic N) is 2. The van der Waals surface area contributed by atoms with Gasteiger partial charge in [-0.3, -0.25) is 4.68 Å². The van der Waals surface area contributed by atoms with E-state index in [0.717, 1.165) is 19.4 Å². The van der Waals surface area contributed by atoms with Gasteiger partial charge in [0.05, 0.1) is 11.7 Å². The van der Waals surface area contributed by atoms with Crippen LogP contribution in [0.15, 0.2) is 24.5 Å². The Morgan fingerprint density at radius 3 is 2.62 bits per heavy atom. The number of hydrogen-bond acceptors (Lipinski definition) is 2. The summed E-state index contributed by atoms with van der Waals surface area (Å²) in [5.41, 5.74) is 1.34. The second kappa shape index (κ2) is 4.42. The predicted molar refractivity (Wildman–Crippen MR) is 66.2 cm³/mol. The molecule has 0 spiro atoms. The van der Waals surface area contributed by atoms with Crippen molar-refractivity contribution < 1.29 is 0 Å². The van der Waals surface area contributed by atoms with Gasteiger partial charge in [0.2, 0.25) is 0 Å². The largest absolute Gasteiger partial charge is 0.309 e. The van der Waals surface area contributed by atoms with Gasteiger partial charge in [-0.1, -0.05) is 12.2 Å². The molecular formula is C13H21N3. The van der Waals surface area contributed by atoms with Crippen LogP contribution in [0.2, 0.25) is 0 Å². The van der Waals surface area contributed by atoms with Crippen LogP contribution in [0.5, 0.6) is 0 Å². The van der Waals surface area contributed by atoms with Gasteiger partial charge in [-0.05, 0) is 33.6 Å². The third-order valence-electron chi connectivity index (χ3n) is 2.93. The zero-order chi connectivity index (χ0) is 11.6. The van der Waals surface area contributed by atoms with E-state index in [0.29, 0.717) is 6.04 Å². The lowest BCUT2D eigenvalue weighted by Gasteiger charge is -2.18. The van der Waals surface area contributed by atoms with Gasteiger partial charge in [0.25, 0.3) is 0 Å². The van der Waals surface area contributed by atoms with Crippen molar-refractivity contribution in [2.45, 2.75) is 51.7 Å². The number of aromatic nitrogens is 2. The van der Waals surface area contributed by atoms with Gasteiger partial charge in [0, 0.05) is 24.3 Å². The van der Waals surface area contributed by atoms with Crippen LogP contribution in [0.4, 0.5) is 0 Å². The van der Waals surface area contributed by atoms with Crippen molar-refractivity contribution in [2.75, 3.05) is 0 Å². The van der Waals surface area contributed by atoms with Gasteiger partial charge in [0.15, 0.2) is 0 Å². The third-order valence-corrected chi connectivity index (χ3v) is 2.93. The zero-order valence-corrected chi connectivity index (χ0v) is 10.4. The summed E-state index contributed by atoms with van der Waals surface area (Å²) in [4.78, 5) is 0. The molecule has 0 aromatic carbocycles. The van der Waals surface area contributed by atoms with Crippen LogP contribution in [-0.4, -0.2) is 15.8 Å². The first-order valence-electron chi connectivity index (χ1n) is 5.98. The number of nitrogens with one attached hydrogen (secondary N) is 1. The summed E-state index contributed by atoms with van der Waals surface area (Å²) in [5.74, 6) is 0. The normalized spacial score (nSPS) is 17.2. The van der Waals surface area contributed by atoms with Gasteiger partial charge >= 0.3 is 0 Å². The van der Waals surface area contributed by atoms with E-state index in [1.807, 2.05) is 10.9 Å². The molecule has 0 amide bonds. The summed E-state index contributed by atoms with van der Waals surface area (Å²) >= 11 is 0. The van der Waals surface area contributed by atoms with Crippen LogP contribution in [0, 0.1) is 0 Å². The maximum absolute atomic E-state index is 4.39. The van der Waals surface area contributed by atoms with Crippen LogP contribution in [0.3, 0.4) is 0 Å². The minimum absolute atomic E-state index is 0.0766. The van der Waals surface area contributed by atoms with E-state index < -0.39 is 0 Å². The molecular weight excluding hydrogens is 198 g/mol. The number of rotatable bonds is 3. The van der Waals surface area contributed by atoms with Crippen molar-refractivity contribution in [1.82, 2.24) is 15.1 Å². The molecule has 3 nitrogen and oxygen atoms in total. The Bertz CT molecular complexity index is 363. The van der Waals surface area contributed by atoms with Crippen LogP contribution in [-0.2, 0) is 12.1 Å². The van der Waals surface area contributed by atoms with Crippen molar-refractivity contribution >= 4 is 0 Å². The molecule has 1 aliphatic carbocycles.